The molecule has 2 aliphatic heterocycles. The first kappa shape index (κ1) is 21.6. The largest absolute Gasteiger partial charge is 0.343 e. The molecule has 6 nitrogen and oxygen atoms in total. The summed E-state index contributed by atoms with van der Waals surface area (Å²) in [4.78, 5) is 21.5. The maximum absolute atomic E-state index is 12.0. The van der Waals surface area contributed by atoms with Crippen molar-refractivity contribution in [2.75, 3.05) is 19.6 Å². The molecule has 2 aromatic rings. The van der Waals surface area contributed by atoms with Crippen LogP contribution in [0.4, 0.5) is 0 Å². The number of hydrogen-bond acceptors (Lipinski definition) is 5. The molecule has 2 saturated heterocycles. The first-order valence-corrected chi connectivity index (χ1v) is 12.6. The summed E-state index contributed by atoms with van der Waals surface area (Å²) >= 11 is 0. The number of hydrogen-bond donors (Lipinski definition) is 0. The van der Waals surface area contributed by atoms with E-state index in [0.717, 1.165) is 70.0 Å². The van der Waals surface area contributed by atoms with Crippen molar-refractivity contribution in [2.24, 2.45) is 0 Å². The van der Waals surface area contributed by atoms with Crippen LogP contribution in [0.3, 0.4) is 0 Å². The van der Waals surface area contributed by atoms with Crippen LogP contribution in [-0.4, -0.2) is 51.5 Å². The van der Waals surface area contributed by atoms with Gasteiger partial charge < -0.3 is 9.42 Å². The van der Waals surface area contributed by atoms with Crippen LogP contribution in [0.15, 0.2) is 28.8 Å². The summed E-state index contributed by atoms with van der Waals surface area (Å²) in [6.45, 7) is 5.73. The molecule has 0 bridgehead atoms. The van der Waals surface area contributed by atoms with Crippen LogP contribution in [-0.2, 0) is 16.8 Å². The fourth-order valence-corrected chi connectivity index (χ4v) is 6.02. The average Bonchev–Trinajstić information content (AvgIpc) is 3.55. The van der Waals surface area contributed by atoms with Crippen LogP contribution in [0.5, 0.6) is 0 Å². The Bertz CT molecular complexity index is 916. The van der Waals surface area contributed by atoms with E-state index in [1.165, 1.54) is 43.2 Å². The molecule has 1 amide bonds. The van der Waals surface area contributed by atoms with Gasteiger partial charge in [-0.05, 0) is 57.6 Å². The Morgan fingerprint density at radius 2 is 1.88 bits per heavy atom. The minimum Gasteiger partial charge on any atom is -0.343 e. The molecule has 1 saturated carbocycles. The van der Waals surface area contributed by atoms with Gasteiger partial charge in [-0.15, -0.1) is 0 Å². The van der Waals surface area contributed by atoms with Crippen LogP contribution in [0.2, 0.25) is 0 Å². The fraction of sp³-hybridized carbons (Fsp3) is 0.654. The molecule has 3 aliphatic rings. The number of aryl methyl sites for hydroxylation is 1. The highest BCUT2D eigenvalue weighted by Crippen LogP contribution is 2.45. The highest BCUT2D eigenvalue weighted by atomic mass is 16.5. The van der Waals surface area contributed by atoms with Crippen molar-refractivity contribution >= 4 is 5.91 Å². The van der Waals surface area contributed by atoms with Crippen molar-refractivity contribution in [2.45, 2.75) is 89.1 Å². The molecule has 0 N–H and O–H groups in total. The Morgan fingerprint density at radius 3 is 2.62 bits per heavy atom. The number of piperidine rings is 1. The molecule has 0 radical (unpaired) electrons. The monoisotopic (exact) mass is 436 g/mol. The Kier molecular flexibility index (Phi) is 6.31. The molecular weight excluding hydrogens is 400 g/mol. The van der Waals surface area contributed by atoms with Crippen LogP contribution < -0.4 is 0 Å². The van der Waals surface area contributed by atoms with Gasteiger partial charge in [0.2, 0.25) is 11.8 Å². The van der Waals surface area contributed by atoms with E-state index in [9.17, 15) is 4.79 Å². The van der Waals surface area contributed by atoms with Gasteiger partial charge >= 0.3 is 0 Å². The molecule has 0 spiro atoms. The maximum Gasteiger partial charge on any atom is 0.240 e. The summed E-state index contributed by atoms with van der Waals surface area (Å²) in [5.74, 6) is 1.93. The van der Waals surface area contributed by atoms with Gasteiger partial charge in [0.05, 0.1) is 12.0 Å². The third-order valence-electron chi connectivity index (χ3n) is 7.95. The lowest BCUT2D eigenvalue weighted by atomic mass is 9.78. The number of benzene rings is 1. The molecule has 5 rings (SSSR count). The molecule has 1 aromatic carbocycles. The highest BCUT2D eigenvalue weighted by molar-refractivity contribution is 5.78. The second-order valence-electron chi connectivity index (χ2n) is 10.1. The molecule has 1 aliphatic carbocycles. The number of carbonyl (C=O) groups is 1. The van der Waals surface area contributed by atoms with Crippen LogP contribution >= 0.6 is 0 Å². The summed E-state index contributed by atoms with van der Waals surface area (Å²) < 4.78 is 5.83. The first-order valence-electron chi connectivity index (χ1n) is 12.6. The molecule has 1 atom stereocenters. The van der Waals surface area contributed by atoms with Crippen molar-refractivity contribution in [3.63, 3.8) is 0 Å². The SMILES string of the molecule is Cc1ccc(C2(c3noc(CN4CCCC[C@@H]4CCN4CCCC4=O)n3)CCCC2)cc1. The van der Waals surface area contributed by atoms with Crippen LogP contribution in [0, 0.1) is 6.92 Å². The first-order chi connectivity index (χ1) is 15.6. The summed E-state index contributed by atoms with van der Waals surface area (Å²) in [5, 5.41) is 4.51. The van der Waals surface area contributed by atoms with Gasteiger partial charge in [-0.2, -0.15) is 4.98 Å². The van der Waals surface area contributed by atoms with Gasteiger partial charge in [0, 0.05) is 25.6 Å². The van der Waals surface area contributed by atoms with Gasteiger partial charge in [-0.3, -0.25) is 9.69 Å². The molecule has 1 aromatic heterocycles. The lowest BCUT2D eigenvalue weighted by Gasteiger charge is -2.35. The molecule has 32 heavy (non-hydrogen) atoms. The van der Waals surface area contributed by atoms with E-state index < -0.39 is 0 Å². The standard InChI is InChI=1S/C26H36N4O2/c1-20-9-11-21(12-10-20)26(14-3-4-15-26)25-27-23(32-28-25)19-30-16-5-2-7-22(30)13-18-29-17-6-8-24(29)31/h9-12,22H,2-8,13-19H2,1H3/t22-/m1/s1. The van der Waals surface area contributed by atoms with E-state index in [0.29, 0.717) is 11.9 Å². The van der Waals surface area contributed by atoms with E-state index in [4.69, 9.17) is 9.51 Å². The predicted octanol–water partition coefficient (Wildman–Crippen LogP) is 4.61. The van der Waals surface area contributed by atoms with E-state index in [1.807, 2.05) is 4.90 Å². The maximum atomic E-state index is 12.0. The lowest BCUT2D eigenvalue weighted by molar-refractivity contribution is -0.127. The number of nitrogens with zero attached hydrogens (tertiary/aromatic N) is 4. The zero-order valence-electron chi connectivity index (χ0n) is 19.4. The van der Waals surface area contributed by atoms with Crippen molar-refractivity contribution in [3.8, 4) is 0 Å². The van der Waals surface area contributed by atoms with Gasteiger partial charge in [0.25, 0.3) is 0 Å². The van der Waals surface area contributed by atoms with Gasteiger partial charge in [0.15, 0.2) is 5.82 Å². The van der Waals surface area contributed by atoms with Gasteiger partial charge in [-0.1, -0.05) is 54.2 Å². The summed E-state index contributed by atoms with van der Waals surface area (Å²) in [7, 11) is 0. The van der Waals surface area contributed by atoms with Crippen molar-refractivity contribution in [1.29, 1.82) is 0 Å². The van der Waals surface area contributed by atoms with E-state index in [1.54, 1.807) is 0 Å². The normalized spacial score (nSPS) is 23.8. The van der Waals surface area contributed by atoms with Crippen LogP contribution in [0.25, 0.3) is 0 Å². The Hall–Kier alpha value is -2.21. The molecule has 172 valence electrons. The molecule has 3 fully saturated rings. The zero-order chi connectivity index (χ0) is 22.0. The smallest absolute Gasteiger partial charge is 0.240 e. The molecule has 6 heteroatoms. The second-order valence-corrected chi connectivity index (χ2v) is 10.1. The van der Waals surface area contributed by atoms with Gasteiger partial charge in [-0.25, -0.2) is 0 Å². The predicted molar refractivity (Wildman–Crippen MR) is 123 cm³/mol. The molecular formula is C26H36N4O2. The third-order valence-corrected chi connectivity index (χ3v) is 7.95. The quantitative estimate of drug-likeness (QED) is 0.634. The van der Waals surface area contributed by atoms with Crippen LogP contribution in [0.1, 0.15) is 87.1 Å². The van der Waals surface area contributed by atoms with Gasteiger partial charge in [0.1, 0.15) is 0 Å². The Balaban J connectivity index is 1.29. The molecule has 3 heterocycles. The fourth-order valence-electron chi connectivity index (χ4n) is 6.02. The molecule has 0 unspecified atom stereocenters. The number of rotatable bonds is 7. The van der Waals surface area contributed by atoms with Crippen molar-refractivity contribution in [1.82, 2.24) is 19.9 Å². The second kappa shape index (κ2) is 9.34. The van der Waals surface area contributed by atoms with E-state index in [2.05, 4.69) is 41.2 Å². The highest BCUT2D eigenvalue weighted by Gasteiger charge is 2.41. The third kappa shape index (κ3) is 4.34. The summed E-state index contributed by atoms with van der Waals surface area (Å²) in [6.07, 6.45) is 11.0. The van der Waals surface area contributed by atoms with Crippen molar-refractivity contribution in [3.05, 3.63) is 47.1 Å². The van der Waals surface area contributed by atoms with E-state index in [-0.39, 0.29) is 5.41 Å². The summed E-state index contributed by atoms with van der Waals surface area (Å²) in [5.41, 5.74) is 2.49. The number of likely N-dealkylation sites (tertiary alicyclic amines) is 2. The number of amides is 1. The Labute approximate surface area is 191 Å². The summed E-state index contributed by atoms with van der Waals surface area (Å²) in [6, 6.07) is 9.37. The minimum atomic E-state index is -0.104. The Morgan fingerprint density at radius 1 is 1.06 bits per heavy atom. The number of aromatic nitrogens is 2. The topological polar surface area (TPSA) is 62.5 Å². The minimum absolute atomic E-state index is 0.104. The number of carbonyl (C=O) groups excluding carboxylic acids is 1. The average molecular weight is 437 g/mol. The van der Waals surface area contributed by atoms with Crippen molar-refractivity contribution < 1.29 is 9.32 Å². The zero-order valence-corrected chi connectivity index (χ0v) is 19.4. The lowest BCUT2D eigenvalue weighted by Crippen LogP contribution is -2.41. The van der Waals surface area contributed by atoms with E-state index >= 15 is 0 Å².